The van der Waals surface area contributed by atoms with Crippen molar-refractivity contribution in [3.05, 3.63) is 69.3 Å². The van der Waals surface area contributed by atoms with Gasteiger partial charge in [0.1, 0.15) is 4.90 Å². The number of sulfone groups is 1. The van der Waals surface area contributed by atoms with Crippen LogP contribution in [0.25, 0.3) is 0 Å². The van der Waals surface area contributed by atoms with Crippen molar-refractivity contribution in [2.24, 2.45) is 0 Å². The Kier molecular flexibility index (Phi) is 6.46. The molecule has 0 saturated heterocycles. The van der Waals surface area contributed by atoms with E-state index in [-0.39, 0.29) is 11.0 Å². The highest BCUT2D eigenvalue weighted by molar-refractivity contribution is 7.90. The molecule has 0 aliphatic carbocycles. The molecule has 0 aliphatic rings. The molecule has 1 atom stereocenters. The number of hydrogen-bond acceptors (Lipinski definition) is 7. The molecule has 30 heavy (non-hydrogen) atoms. The van der Waals surface area contributed by atoms with Gasteiger partial charge in [-0.25, -0.2) is 13.2 Å². The number of hydrogen-bond donors (Lipinski definition) is 0. The predicted octanol–water partition coefficient (Wildman–Crippen LogP) is 3.72. The van der Waals surface area contributed by atoms with Crippen molar-refractivity contribution >= 4 is 27.3 Å². The Morgan fingerprint density at radius 3 is 2.03 bits per heavy atom. The van der Waals surface area contributed by atoms with E-state index in [9.17, 15) is 28.1 Å². The molecule has 2 aromatic rings. The summed E-state index contributed by atoms with van der Waals surface area (Å²) >= 11 is 0. The smallest absolute Gasteiger partial charge is 0.339 e. The van der Waals surface area contributed by atoms with Gasteiger partial charge in [0, 0.05) is 17.9 Å². The second kappa shape index (κ2) is 8.35. The van der Waals surface area contributed by atoms with E-state index in [0.29, 0.717) is 5.56 Å². The fourth-order valence-corrected chi connectivity index (χ4v) is 3.58. The number of nitrogens with zero attached hydrogens (tertiary/aromatic N) is 1. The second-order valence-electron chi connectivity index (χ2n) is 7.95. The van der Waals surface area contributed by atoms with E-state index in [0.717, 1.165) is 30.0 Å². The van der Waals surface area contributed by atoms with Gasteiger partial charge in [0.2, 0.25) is 5.78 Å². The van der Waals surface area contributed by atoms with Gasteiger partial charge in [-0.1, -0.05) is 45.0 Å². The van der Waals surface area contributed by atoms with Gasteiger partial charge < -0.3 is 4.74 Å². The first-order chi connectivity index (χ1) is 13.7. The molecule has 0 aromatic heterocycles. The van der Waals surface area contributed by atoms with E-state index < -0.39 is 43.2 Å². The molecule has 2 aromatic carbocycles. The first-order valence-electron chi connectivity index (χ1n) is 9.06. The number of esters is 1. The zero-order valence-electron chi connectivity index (χ0n) is 17.3. The van der Waals surface area contributed by atoms with Crippen LogP contribution in [0.1, 0.15) is 54.0 Å². The van der Waals surface area contributed by atoms with Crippen LogP contribution in [0.5, 0.6) is 0 Å². The van der Waals surface area contributed by atoms with Crippen LogP contribution < -0.4 is 0 Å². The summed E-state index contributed by atoms with van der Waals surface area (Å²) in [6.45, 7) is 7.53. The summed E-state index contributed by atoms with van der Waals surface area (Å²) in [5.74, 6) is -1.39. The van der Waals surface area contributed by atoms with Crippen LogP contribution >= 0.6 is 0 Å². The van der Waals surface area contributed by atoms with Crippen LogP contribution in [0.4, 0.5) is 5.69 Å². The van der Waals surface area contributed by atoms with E-state index in [1.165, 1.54) is 6.92 Å². The first kappa shape index (κ1) is 23.2. The van der Waals surface area contributed by atoms with E-state index in [4.69, 9.17) is 4.74 Å². The molecule has 9 heteroatoms. The van der Waals surface area contributed by atoms with Gasteiger partial charge in [-0.3, -0.25) is 14.9 Å². The monoisotopic (exact) mass is 433 g/mol. The van der Waals surface area contributed by atoms with Gasteiger partial charge >= 0.3 is 5.97 Å². The lowest BCUT2D eigenvalue weighted by atomic mass is 9.86. The summed E-state index contributed by atoms with van der Waals surface area (Å²) in [6.07, 6.45) is -0.300. The van der Waals surface area contributed by atoms with Gasteiger partial charge in [-0.05, 0) is 30.0 Å². The van der Waals surface area contributed by atoms with Gasteiger partial charge in [-0.2, -0.15) is 0 Å². The van der Waals surface area contributed by atoms with Crippen LogP contribution in [0.3, 0.4) is 0 Å². The minimum Gasteiger partial charge on any atom is -0.451 e. The average Bonchev–Trinajstić information content (AvgIpc) is 2.65. The van der Waals surface area contributed by atoms with Crippen LogP contribution in [0, 0.1) is 10.1 Å². The van der Waals surface area contributed by atoms with Gasteiger partial charge in [0.05, 0.1) is 10.5 Å². The number of carbonyl (C=O) groups is 2. The third kappa shape index (κ3) is 5.29. The first-order valence-corrected chi connectivity index (χ1v) is 10.9. The number of nitro groups is 1. The second-order valence-corrected chi connectivity index (χ2v) is 9.94. The van der Waals surface area contributed by atoms with Crippen molar-refractivity contribution in [1.82, 2.24) is 0 Å². The number of nitro benzene ring substituents is 1. The molecule has 0 amide bonds. The lowest BCUT2D eigenvalue weighted by molar-refractivity contribution is -0.387. The molecular formula is C21H23NO7S. The third-order valence-electron chi connectivity index (χ3n) is 4.48. The maximum absolute atomic E-state index is 12.6. The molecule has 0 saturated carbocycles. The molecule has 0 aliphatic heterocycles. The number of benzene rings is 2. The summed E-state index contributed by atoms with van der Waals surface area (Å²) in [5.41, 5.74) is 0.371. The Bertz CT molecular complexity index is 1100. The largest absolute Gasteiger partial charge is 0.451 e. The molecule has 0 unspecified atom stereocenters. The zero-order chi connectivity index (χ0) is 22.9. The zero-order valence-corrected chi connectivity index (χ0v) is 18.1. The van der Waals surface area contributed by atoms with Crippen LogP contribution in [-0.2, 0) is 20.0 Å². The van der Waals surface area contributed by atoms with Gasteiger partial charge in [-0.15, -0.1) is 0 Å². The Hall–Kier alpha value is -3.07. The predicted molar refractivity (Wildman–Crippen MR) is 111 cm³/mol. The minimum absolute atomic E-state index is 0.0769. The molecule has 0 fully saturated rings. The van der Waals surface area contributed by atoms with Crippen LogP contribution in [0.2, 0.25) is 0 Å². The molecule has 0 radical (unpaired) electrons. The number of Topliss-reactive ketones (excluding diaryl/α,β-unsaturated/α-hetero) is 1. The van der Waals surface area contributed by atoms with E-state index >= 15 is 0 Å². The normalized spacial score (nSPS) is 12.8. The van der Waals surface area contributed by atoms with E-state index in [1.54, 1.807) is 12.1 Å². The summed E-state index contributed by atoms with van der Waals surface area (Å²) in [7, 11) is -3.86. The quantitative estimate of drug-likeness (QED) is 0.294. The highest BCUT2D eigenvalue weighted by Gasteiger charge is 2.26. The number of ketones is 1. The average molecular weight is 433 g/mol. The van der Waals surface area contributed by atoms with E-state index in [1.807, 2.05) is 32.9 Å². The molecule has 0 heterocycles. The fraction of sp³-hybridized carbons (Fsp3) is 0.333. The van der Waals surface area contributed by atoms with Gasteiger partial charge in [0.15, 0.2) is 15.9 Å². The van der Waals surface area contributed by atoms with Crippen LogP contribution in [-0.4, -0.2) is 37.5 Å². The Labute approximate surface area is 174 Å². The number of rotatable bonds is 6. The van der Waals surface area contributed by atoms with E-state index in [2.05, 4.69) is 0 Å². The van der Waals surface area contributed by atoms with Gasteiger partial charge in [0.25, 0.3) is 5.69 Å². The standard InChI is InChI=1S/C21H23NO7S/c1-13(19(23)14-6-9-16(10-7-14)21(2,3)4)29-20(24)15-8-11-18(30(5,27)28)17(12-15)22(25)26/h6-13H,1-5H3/t13-/m1/s1. The molecule has 0 N–H and O–H groups in total. The minimum atomic E-state index is -3.86. The third-order valence-corrected chi connectivity index (χ3v) is 5.62. The summed E-state index contributed by atoms with van der Waals surface area (Å²) < 4.78 is 28.5. The Morgan fingerprint density at radius 2 is 1.57 bits per heavy atom. The molecule has 8 nitrogen and oxygen atoms in total. The molecule has 0 spiro atoms. The van der Waals surface area contributed by atoms with Crippen molar-refractivity contribution in [2.45, 2.75) is 44.1 Å². The highest BCUT2D eigenvalue weighted by Crippen LogP contribution is 2.26. The van der Waals surface area contributed by atoms with Crippen molar-refractivity contribution in [1.29, 1.82) is 0 Å². The molecule has 0 bridgehead atoms. The number of carbonyl (C=O) groups excluding carboxylic acids is 2. The summed E-state index contributed by atoms with van der Waals surface area (Å²) in [4.78, 5) is 34.7. The van der Waals surface area contributed by atoms with Crippen molar-refractivity contribution in [3.8, 4) is 0 Å². The maximum Gasteiger partial charge on any atom is 0.339 e. The fourth-order valence-electron chi connectivity index (χ4n) is 2.75. The molecular weight excluding hydrogens is 410 g/mol. The molecule has 160 valence electrons. The highest BCUT2D eigenvalue weighted by atomic mass is 32.2. The Morgan fingerprint density at radius 1 is 1.03 bits per heavy atom. The summed E-state index contributed by atoms with van der Waals surface area (Å²) in [5, 5.41) is 11.2. The van der Waals surface area contributed by atoms with Crippen molar-refractivity contribution in [2.75, 3.05) is 6.26 Å². The lowest BCUT2D eigenvalue weighted by Gasteiger charge is -2.19. The topological polar surface area (TPSA) is 121 Å². The van der Waals surface area contributed by atoms with Crippen molar-refractivity contribution in [3.63, 3.8) is 0 Å². The Balaban J connectivity index is 2.22. The lowest BCUT2D eigenvalue weighted by Crippen LogP contribution is -2.24. The van der Waals surface area contributed by atoms with Crippen molar-refractivity contribution < 1.29 is 27.7 Å². The number of ether oxygens (including phenoxy) is 1. The molecule has 2 rings (SSSR count). The SMILES string of the molecule is C[C@@H](OC(=O)c1ccc(S(C)(=O)=O)c([N+](=O)[O-])c1)C(=O)c1ccc(C(C)(C)C)cc1. The maximum atomic E-state index is 12.6. The van der Waals surface area contributed by atoms with Crippen LogP contribution in [0.15, 0.2) is 47.4 Å². The summed E-state index contributed by atoms with van der Waals surface area (Å²) in [6, 6.07) is 9.87.